The lowest BCUT2D eigenvalue weighted by Gasteiger charge is -2.34. The average molecular weight is 588 g/mol. The maximum atomic E-state index is 13.2. The Bertz CT molecular complexity index is 1550. The summed E-state index contributed by atoms with van der Waals surface area (Å²) in [6.07, 6.45) is 0.477. The molecule has 1 aliphatic rings. The van der Waals surface area contributed by atoms with Gasteiger partial charge in [-0.2, -0.15) is 12.7 Å². The van der Waals surface area contributed by atoms with Crippen molar-refractivity contribution in [2.45, 2.75) is 39.2 Å². The van der Waals surface area contributed by atoms with E-state index in [1.54, 1.807) is 11.4 Å². The Labute approximate surface area is 249 Å². The van der Waals surface area contributed by atoms with Crippen molar-refractivity contribution in [2.75, 3.05) is 39.8 Å². The van der Waals surface area contributed by atoms with Crippen LogP contribution < -0.4 is 9.46 Å². The molecule has 1 saturated heterocycles. The Morgan fingerprint density at radius 2 is 1.55 bits per heavy atom. The van der Waals surface area contributed by atoms with E-state index < -0.39 is 10.2 Å². The first-order chi connectivity index (χ1) is 20.1. The second-order valence-corrected chi connectivity index (χ2v) is 13.5. The van der Waals surface area contributed by atoms with Crippen LogP contribution in [-0.4, -0.2) is 67.4 Å². The van der Waals surface area contributed by atoms with E-state index in [0.717, 1.165) is 40.6 Å². The minimum absolute atomic E-state index is 0.129. The van der Waals surface area contributed by atoms with Crippen molar-refractivity contribution in [1.29, 1.82) is 0 Å². The summed E-state index contributed by atoms with van der Waals surface area (Å²) in [5.74, 6) is 1.52. The number of piperazine rings is 1. The molecule has 2 N–H and O–H groups in total. The molecule has 0 bridgehead atoms. The maximum Gasteiger partial charge on any atom is 0.279 e. The summed E-state index contributed by atoms with van der Waals surface area (Å²) in [7, 11) is -1.96. The van der Waals surface area contributed by atoms with Gasteiger partial charge in [-0.3, -0.25) is 4.90 Å². The molecule has 0 unspecified atom stereocenters. The minimum atomic E-state index is -3.60. The monoisotopic (exact) mass is 587 g/mol. The van der Waals surface area contributed by atoms with Gasteiger partial charge in [0.2, 0.25) is 0 Å². The molecule has 5 rings (SSSR count). The Hall–Kier alpha value is -3.50. The summed E-state index contributed by atoms with van der Waals surface area (Å²) in [6, 6.07) is 26.4. The van der Waals surface area contributed by atoms with Crippen molar-refractivity contribution >= 4 is 10.2 Å². The van der Waals surface area contributed by atoms with E-state index in [9.17, 15) is 8.42 Å². The van der Waals surface area contributed by atoms with E-state index in [1.807, 2.05) is 54.6 Å². The number of aromatic amines is 1. The quantitative estimate of drug-likeness (QED) is 0.265. The zero-order chi connectivity index (χ0) is 29.7. The lowest BCUT2D eigenvalue weighted by atomic mass is 9.87. The number of nitrogens with zero attached hydrogens (tertiary/aromatic N) is 3. The summed E-state index contributed by atoms with van der Waals surface area (Å²) in [5.41, 5.74) is 6.29. The fraction of sp³-hybridized carbons (Fsp3) is 0.364. The van der Waals surface area contributed by atoms with Gasteiger partial charge in [-0.05, 0) is 40.8 Å². The number of benzene rings is 3. The fourth-order valence-electron chi connectivity index (χ4n) is 5.20. The topological polar surface area (TPSA) is 90.6 Å². The molecular formula is C33H41N5O3S. The predicted molar refractivity (Wildman–Crippen MR) is 169 cm³/mol. The van der Waals surface area contributed by atoms with E-state index >= 15 is 0 Å². The Morgan fingerprint density at radius 3 is 2.17 bits per heavy atom. The number of hydrogen-bond donors (Lipinski definition) is 2. The SMILES string of the molecule is COc1ccc(-c2nc(-c3ccccc3)[nH]c2CCNS(=O)(=O)N2CCN(Cc3ccc(C(C)(C)C)cc3)CC2)cc1. The number of aromatic nitrogens is 2. The van der Waals surface area contributed by atoms with Crippen molar-refractivity contribution in [3.8, 4) is 28.4 Å². The van der Waals surface area contributed by atoms with Crippen molar-refractivity contribution < 1.29 is 13.2 Å². The number of ether oxygens (including phenoxy) is 1. The van der Waals surface area contributed by atoms with E-state index in [0.29, 0.717) is 32.6 Å². The Balaban J connectivity index is 1.19. The van der Waals surface area contributed by atoms with Crippen molar-refractivity contribution in [2.24, 2.45) is 0 Å². The third kappa shape index (κ3) is 7.28. The Morgan fingerprint density at radius 1 is 0.881 bits per heavy atom. The van der Waals surface area contributed by atoms with Crippen LogP contribution in [0, 0.1) is 0 Å². The lowest BCUT2D eigenvalue weighted by molar-refractivity contribution is 0.180. The van der Waals surface area contributed by atoms with E-state index in [1.165, 1.54) is 11.1 Å². The molecule has 42 heavy (non-hydrogen) atoms. The molecule has 3 aromatic carbocycles. The van der Waals surface area contributed by atoms with Crippen LogP contribution in [0.5, 0.6) is 5.75 Å². The number of rotatable bonds is 10. The van der Waals surface area contributed by atoms with Gasteiger partial charge >= 0.3 is 0 Å². The van der Waals surface area contributed by atoms with Crippen LogP contribution in [0.1, 0.15) is 37.6 Å². The van der Waals surface area contributed by atoms with Crippen molar-refractivity contribution in [1.82, 2.24) is 23.9 Å². The molecule has 0 spiro atoms. The van der Waals surface area contributed by atoms with Gasteiger partial charge in [0.15, 0.2) is 0 Å². The van der Waals surface area contributed by atoms with E-state index in [-0.39, 0.29) is 12.0 Å². The highest BCUT2D eigenvalue weighted by molar-refractivity contribution is 7.87. The van der Waals surface area contributed by atoms with Gasteiger partial charge in [-0.1, -0.05) is 75.4 Å². The number of methoxy groups -OCH3 is 1. The van der Waals surface area contributed by atoms with Crippen LogP contribution in [0.4, 0.5) is 0 Å². The third-order valence-electron chi connectivity index (χ3n) is 7.75. The zero-order valence-electron chi connectivity index (χ0n) is 24.9. The first-order valence-corrected chi connectivity index (χ1v) is 15.9. The summed E-state index contributed by atoms with van der Waals surface area (Å²) >= 11 is 0. The number of hydrogen-bond acceptors (Lipinski definition) is 5. The highest BCUT2D eigenvalue weighted by Gasteiger charge is 2.27. The van der Waals surface area contributed by atoms with Gasteiger partial charge in [0.25, 0.3) is 10.2 Å². The largest absolute Gasteiger partial charge is 0.497 e. The summed E-state index contributed by atoms with van der Waals surface area (Å²) in [5, 5.41) is 0. The second kappa shape index (κ2) is 12.8. The highest BCUT2D eigenvalue weighted by atomic mass is 32.2. The maximum absolute atomic E-state index is 13.2. The summed E-state index contributed by atoms with van der Waals surface area (Å²) < 4.78 is 36.0. The molecule has 2 heterocycles. The molecule has 0 aliphatic carbocycles. The van der Waals surface area contributed by atoms with Crippen LogP contribution >= 0.6 is 0 Å². The third-order valence-corrected chi connectivity index (χ3v) is 9.36. The molecule has 9 heteroatoms. The number of imidazole rings is 1. The molecule has 0 saturated carbocycles. The molecule has 0 atom stereocenters. The number of H-pyrrole nitrogens is 1. The molecule has 1 aliphatic heterocycles. The molecule has 0 amide bonds. The van der Waals surface area contributed by atoms with Crippen LogP contribution in [0.3, 0.4) is 0 Å². The van der Waals surface area contributed by atoms with E-state index in [2.05, 4.69) is 59.6 Å². The molecule has 1 aromatic heterocycles. The minimum Gasteiger partial charge on any atom is -0.497 e. The standard InChI is InChI=1S/C33H41N5O3S/c1-33(2,3)28-14-10-25(11-15-28)24-37-20-22-38(23-21-37)42(39,40)34-19-18-30-31(26-12-16-29(41-4)17-13-26)36-32(35-30)27-8-6-5-7-9-27/h5-17,34H,18-24H2,1-4H3,(H,35,36). The van der Waals surface area contributed by atoms with Gasteiger partial charge in [-0.15, -0.1) is 0 Å². The van der Waals surface area contributed by atoms with E-state index in [4.69, 9.17) is 9.72 Å². The smallest absolute Gasteiger partial charge is 0.279 e. The predicted octanol–water partition coefficient (Wildman–Crippen LogP) is 5.24. The lowest BCUT2D eigenvalue weighted by Crippen LogP contribution is -2.51. The van der Waals surface area contributed by atoms with Crippen molar-refractivity contribution in [3.63, 3.8) is 0 Å². The van der Waals surface area contributed by atoms with Crippen LogP contribution in [0.15, 0.2) is 78.9 Å². The molecule has 4 aromatic rings. The second-order valence-electron chi connectivity index (χ2n) is 11.8. The molecule has 8 nitrogen and oxygen atoms in total. The normalized spacial score (nSPS) is 15.1. The fourth-order valence-corrected chi connectivity index (χ4v) is 6.39. The van der Waals surface area contributed by atoms with Gasteiger partial charge in [0.05, 0.1) is 12.8 Å². The van der Waals surface area contributed by atoms with Gasteiger partial charge in [0, 0.05) is 62.5 Å². The van der Waals surface area contributed by atoms with Crippen LogP contribution in [-0.2, 0) is 28.6 Å². The van der Waals surface area contributed by atoms with Gasteiger partial charge < -0.3 is 9.72 Å². The van der Waals surface area contributed by atoms with Gasteiger partial charge in [-0.25, -0.2) is 9.71 Å². The number of nitrogens with one attached hydrogen (secondary N) is 2. The molecule has 1 fully saturated rings. The van der Waals surface area contributed by atoms with Crippen LogP contribution in [0.25, 0.3) is 22.6 Å². The van der Waals surface area contributed by atoms with Gasteiger partial charge in [0.1, 0.15) is 11.6 Å². The first-order valence-electron chi connectivity index (χ1n) is 14.5. The average Bonchev–Trinajstić information content (AvgIpc) is 3.42. The first kappa shape index (κ1) is 30.0. The zero-order valence-corrected chi connectivity index (χ0v) is 25.7. The summed E-state index contributed by atoms with van der Waals surface area (Å²) in [4.78, 5) is 10.6. The molecule has 0 radical (unpaired) electrons. The highest BCUT2D eigenvalue weighted by Crippen LogP contribution is 2.28. The van der Waals surface area contributed by atoms with Crippen LogP contribution in [0.2, 0.25) is 0 Å². The molecule has 222 valence electrons. The van der Waals surface area contributed by atoms with Crippen molar-refractivity contribution in [3.05, 3.63) is 95.7 Å². The summed E-state index contributed by atoms with van der Waals surface area (Å²) in [6.45, 7) is 10.1. The molecular weight excluding hydrogens is 546 g/mol. The Kier molecular flexibility index (Phi) is 9.13.